The predicted molar refractivity (Wildman–Crippen MR) is 150 cm³/mol. The summed E-state index contributed by atoms with van der Waals surface area (Å²) in [6.07, 6.45) is 8.27. The number of nitrogens with one attached hydrogen (secondary N) is 6. The molecule has 6 N–H and O–H groups in total. The SMILES string of the molecule is c1cc2c(s1)CNCC2.c1ccc2c(c1)CCNC2.c1n[nH]c2c1CCNC2.c1nc2c([nH]1)CNCC2. The fourth-order valence-corrected chi connectivity index (χ4v) is 5.77. The van der Waals surface area contributed by atoms with Crippen LogP contribution in [-0.4, -0.2) is 46.3 Å². The molecule has 9 heteroatoms. The highest BCUT2D eigenvalue weighted by atomic mass is 32.1. The van der Waals surface area contributed by atoms with Gasteiger partial charge in [0.1, 0.15) is 0 Å². The van der Waals surface area contributed by atoms with Gasteiger partial charge in [-0.05, 0) is 72.6 Å². The summed E-state index contributed by atoms with van der Waals surface area (Å²) < 4.78 is 0. The highest BCUT2D eigenvalue weighted by Gasteiger charge is 2.10. The number of fused-ring (bicyclic) bond motifs is 4. The molecule has 4 aromatic rings. The van der Waals surface area contributed by atoms with Crippen molar-refractivity contribution in [2.75, 3.05) is 26.2 Å². The summed E-state index contributed by atoms with van der Waals surface area (Å²) in [5.74, 6) is 0. The van der Waals surface area contributed by atoms with Crippen LogP contribution in [0.3, 0.4) is 0 Å². The maximum atomic E-state index is 4.16. The van der Waals surface area contributed by atoms with E-state index in [2.05, 4.69) is 77.1 Å². The molecule has 0 saturated carbocycles. The van der Waals surface area contributed by atoms with Crippen LogP contribution in [0.15, 0.2) is 48.2 Å². The van der Waals surface area contributed by atoms with Gasteiger partial charge < -0.3 is 26.3 Å². The van der Waals surface area contributed by atoms with E-state index in [0.717, 1.165) is 65.2 Å². The summed E-state index contributed by atoms with van der Waals surface area (Å²) in [4.78, 5) is 8.77. The van der Waals surface area contributed by atoms with Crippen molar-refractivity contribution >= 4 is 11.3 Å². The van der Waals surface area contributed by atoms with Crippen LogP contribution in [0.1, 0.15) is 44.2 Å². The molecule has 0 aliphatic carbocycles. The molecule has 0 spiro atoms. The highest BCUT2D eigenvalue weighted by Crippen LogP contribution is 2.19. The summed E-state index contributed by atoms with van der Waals surface area (Å²) in [5.41, 5.74) is 9.64. The van der Waals surface area contributed by atoms with Crippen molar-refractivity contribution in [2.24, 2.45) is 0 Å². The lowest BCUT2D eigenvalue weighted by molar-refractivity contribution is 0.627. The number of H-pyrrole nitrogens is 2. The van der Waals surface area contributed by atoms with E-state index >= 15 is 0 Å². The van der Waals surface area contributed by atoms with E-state index in [0.29, 0.717) is 0 Å². The third-order valence-corrected chi connectivity index (χ3v) is 7.99. The Balaban J connectivity index is 0.000000101. The normalized spacial score (nSPS) is 17.1. The van der Waals surface area contributed by atoms with Gasteiger partial charge in [0.25, 0.3) is 0 Å². The topological polar surface area (TPSA) is 105 Å². The van der Waals surface area contributed by atoms with Crippen molar-refractivity contribution < 1.29 is 0 Å². The number of nitrogens with zero attached hydrogens (tertiary/aromatic N) is 2. The lowest BCUT2D eigenvalue weighted by Gasteiger charge is -2.15. The third kappa shape index (κ3) is 7.37. The van der Waals surface area contributed by atoms with Crippen LogP contribution in [0.25, 0.3) is 0 Å². The molecule has 37 heavy (non-hydrogen) atoms. The van der Waals surface area contributed by atoms with Gasteiger partial charge in [-0.3, -0.25) is 5.10 Å². The predicted octanol–water partition coefficient (Wildman–Crippen LogP) is 2.84. The molecule has 0 unspecified atom stereocenters. The summed E-state index contributed by atoms with van der Waals surface area (Å²) in [5, 5.41) is 22.3. The van der Waals surface area contributed by atoms with E-state index in [4.69, 9.17) is 0 Å². The molecular weight excluding hydrogens is 480 g/mol. The van der Waals surface area contributed by atoms with E-state index in [1.807, 2.05) is 17.5 Å². The Hall–Kier alpha value is -2.82. The average molecular weight is 519 g/mol. The molecule has 1 aromatic carbocycles. The zero-order valence-electron chi connectivity index (χ0n) is 21.4. The average Bonchev–Trinajstić information content (AvgIpc) is 3.75. The van der Waals surface area contributed by atoms with Gasteiger partial charge in [0.2, 0.25) is 0 Å². The highest BCUT2D eigenvalue weighted by molar-refractivity contribution is 7.10. The maximum Gasteiger partial charge on any atom is 0.0925 e. The van der Waals surface area contributed by atoms with Gasteiger partial charge >= 0.3 is 0 Å². The van der Waals surface area contributed by atoms with Crippen LogP contribution in [-0.2, 0) is 51.9 Å². The molecular formula is C28H38N8S. The standard InChI is InChI=1S/C9H11N.C7H9NS.2C6H9N3/c1-2-4-9-7-10-6-5-8(9)3-1;1-3-8-5-7-6(1)2-4-9-7;1-2-7-3-6-5(1)8-4-9-6;1-2-7-4-6-5(1)3-8-9-6/h1-4,10H,5-7H2;2,4,8H,1,3,5H2;4,7H,1-3H2,(H,8,9);3,7H,1-2,4H2,(H,8,9). The van der Waals surface area contributed by atoms with Crippen LogP contribution >= 0.6 is 11.3 Å². The summed E-state index contributed by atoms with van der Waals surface area (Å²) in [6, 6.07) is 10.9. The van der Waals surface area contributed by atoms with Crippen LogP contribution in [0.2, 0.25) is 0 Å². The monoisotopic (exact) mass is 518 g/mol. The zero-order chi connectivity index (χ0) is 25.1. The molecule has 7 heterocycles. The minimum absolute atomic E-state index is 0.954. The minimum atomic E-state index is 0.954. The van der Waals surface area contributed by atoms with Crippen molar-refractivity contribution in [3.05, 3.63) is 92.4 Å². The Bertz CT molecular complexity index is 1030. The molecule has 0 radical (unpaired) electrons. The molecule has 3 aromatic heterocycles. The number of rotatable bonds is 0. The lowest BCUT2D eigenvalue weighted by Crippen LogP contribution is -2.23. The number of hydrogen-bond donors (Lipinski definition) is 6. The van der Waals surface area contributed by atoms with Crippen molar-refractivity contribution in [1.29, 1.82) is 0 Å². The molecule has 0 amide bonds. The van der Waals surface area contributed by atoms with Gasteiger partial charge in [-0.15, -0.1) is 11.3 Å². The first kappa shape index (κ1) is 25.8. The first-order valence-electron chi connectivity index (χ1n) is 13.3. The molecule has 0 atom stereocenters. The Morgan fingerprint density at radius 3 is 2.14 bits per heavy atom. The third-order valence-electron chi connectivity index (χ3n) is 7.03. The fraction of sp³-hybridized carbons (Fsp3) is 0.429. The molecule has 0 saturated heterocycles. The molecule has 4 aliphatic heterocycles. The Morgan fingerprint density at radius 1 is 0.649 bits per heavy atom. The van der Waals surface area contributed by atoms with Gasteiger partial charge in [0, 0.05) is 44.0 Å². The maximum absolute atomic E-state index is 4.16. The number of aromatic nitrogens is 4. The Morgan fingerprint density at radius 2 is 1.35 bits per heavy atom. The molecule has 4 aliphatic rings. The number of imidazole rings is 1. The van der Waals surface area contributed by atoms with Crippen molar-refractivity contribution in [3.8, 4) is 0 Å². The first-order chi connectivity index (χ1) is 18.4. The fourth-order valence-electron chi connectivity index (χ4n) is 4.87. The molecule has 0 fully saturated rings. The van der Waals surface area contributed by atoms with E-state index < -0.39 is 0 Å². The number of benzene rings is 1. The van der Waals surface area contributed by atoms with Crippen LogP contribution in [0.4, 0.5) is 0 Å². The van der Waals surface area contributed by atoms with E-state index in [9.17, 15) is 0 Å². The second-order valence-electron chi connectivity index (χ2n) is 9.55. The van der Waals surface area contributed by atoms with Crippen LogP contribution in [0.5, 0.6) is 0 Å². The van der Waals surface area contributed by atoms with Gasteiger partial charge in [-0.2, -0.15) is 5.10 Å². The number of aromatic amines is 2. The molecule has 8 rings (SSSR count). The zero-order valence-corrected chi connectivity index (χ0v) is 22.2. The van der Waals surface area contributed by atoms with Gasteiger partial charge in [-0.1, -0.05) is 24.3 Å². The molecule has 196 valence electrons. The Labute approximate surface area is 223 Å². The van der Waals surface area contributed by atoms with Gasteiger partial charge in [0.15, 0.2) is 0 Å². The van der Waals surface area contributed by atoms with Crippen LogP contribution < -0.4 is 21.3 Å². The summed E-state index contributed by atoms with van der Waals surface area (Å²) >= 11 is 1.86. The first-order valence-corrected chi connectivity index (χ1v) is 14.2. The van der Waals surface area contributed by atoms with Crippen LogP contribution in [0, 0.1) is 0 Å². The lowest BCUT2D eigenvalue weighted by atomic mass is 10.0. The summed E-state index contributed by atoms with van der Waals surface area (Å²) in [6.45, 7) is 8.50. The van der Waals surface area contributed by atoms with Crippen molar-refractivity contribution in [1.82, 2.24) is 41.4 Å². The number of thiophene rings is 1. The minimum Gasteiger partial charge on any atom is -0.347 e. The quantitative estimate of drug-likeness (QED) is 0.214. The second-order valence-corrected chi connectivity index (χ2v) is 10.5. The number of hydrogen-bond acceptors (Lipinski definition) is 7. The van der Waals surface area contributed by atoms with Crippen molar-refractivity contribution in [3.63, 3.8) is 0 Å². The van der Waals surface area contributed by atoms with E-state index in [-0.39, 0.29) is 0 Å². The second kappa shape index (κ2) is 13.6. The van der Waals surface area contributed by atoms with Crippen molar-refractivity contribution in [2.45, 2.75) is 51.9 Å². The summed E-state index contributed by atoms with van der Waals surface area (Å²) in [7, 11) is 0. The largest absolute Gasteiger partial charge is 0.347 e. The van der Waals surface area contributed by atoms with E-state index in [1.54, 1.807) is 11.9 Å². The molecule has 0 bridgehead atoms. The Kier molecular flexibility index (Phi) is 9.52. The molecule has 8 nitrogen and oxygen atoms in total. The van der Waals surface area contributed by atoms with Gasteiger partial charge in [-0.25, -0.2) is 4.98 Å². The van der Waals surface area contributed by atoms with Gasteiger partial charge in [0.05, 0.1) is 29.6 Å². The smallest absolute Gasteiger partial charge is 0.0925 e. The van der Waals surface area contributed by atoms with E-state index in [1.165, 1.54) is 51.5 Å².